The minimum absolute atomic E-state index is 0.631. The molecule has 1 rings (SSSR count). The number of nitrogens with two attached hydrogens (primary N) is 1. The van der Waals surface area contributed by atoms with Crippen LogP contribution in [0.5, 0.6) is 5.75 Å². The molecule has 0 aliphatic rings. The third kappa shape index (κ3) is 4.47. The van der Waals surface area contributed by atoms with Gasteiger partial charge in [-0.25, -0.2) is 0 Å². The second kappa shape index (κ2) is 7.14. The van der Waals surface area contributed by atoms with E-state index in [1.54, 1.807) is 0 Å². The molecule has 0 aliphatic carbocycles. The van der Waals surface area contributed by atoms with Crippen LogP contribution in [0, 0.1) is 5.92 Å². The molecule has 2 N–H and O–H groups in total. The summed E-state index contributed by atoms with van der Waals surface area (Å²) < 4.78 is 5.67. The van der Waals surface area contributed by atoms with Crippen molar-refractivity contribution in [2.45, 2.75) is 34.1 Å². The fourth-order valence-electron chi connectivity index (χ4n) is 1.95. The second-order valence-corrected chi connectivity index (χ2v) is 5.04. The highest BCUT2D eigenvalue weighted by Gasteiger charge is 2.09. The number of anilines is 2. The first-order valence-electron chi connectivity index (χ1n) is 6.85. The van der Waals surface area contributed by atoms with Crippen LogP contribution < -0.4 is 15.4 Å². The molecule has 0 spiro atoms. The van der Waals surface area contributed by atoms with Gasteiger partial charge in [0.25, 0.3) is 0 Å². The van der Waals surface area contributed by atoms with E-state index in [0.29, 0.717) is 5.92 Å². The quantitative estimate of drug-likeness (QED) is 0.752. The van der Waals surface area contributed by atoms with E-state index in [9.17, 15) is 0 Å². The molecule has 0 saturated carbocycles. The molecule has 3 heteroatoms. The van der Waals surface area contributed by atoms with E-state index in [1.165, 1.54) is 0 Å². The lowest BCUT2D eigenvalue weighted by atomic mass is 10.1. The Labute approximate surface area is 111 Å². The zero-order valence-corrected chi connectivity index (χ0v) is 12.1. The van der Waals surface area contributed by atoms with Crippen molar-refractivity contribution in [3.63, 3.8) is 0 Å². The van der Waals surface area contributed by atoms with Crippen molar-refractivity contribution < 1.29 is 4.74 Å². The SMILES string of the molecule is CCCOc1cc(N)cc(N(CC)CC(C)C)c1. The molecule has 0 heterocycles. The molecular weight excluding hydrogens is 224 g/mol. The van der Waals surface area contributed by atoms with E-state index < -0.39 is 0 Å². The van der Waals surface area contributed by atoms with Crippen LogP contribution in [0.25, 0.3) is 0 Å². The summed E-state index contributed by atoms with van der Waals surface area (Å²) in [5, 5.41) is 0. The van der Waals surface area contributed by atoms with E-state index >= 15 is 0 Å². The molecule has 3 nitrogen and oxygen atoms in total. The van der Waals surface area contributed by atoms with Crippen molar-refractivity contribution in [3.05, 3.63) is 18.2 Å². The van der Waals surface area contributed by atoms with Gasteiger partial charge in [0.1, 0.15) is 5.75 Å². The fraction of sp³-hybridized carbons (Fsp3) is 0.600. The summed E-state index contributed by atoms with van der Waals surface area (Å²) in [6, 6.07) is 5.99. The summed E-state index contributed by atoms with van der Waals surface area (Å²) in [6.45, 7) is 11.5. The first-order valence-corrected chi connectivity index (χ1v) is 6.85. The van der Waals surface area contributed by atoms with Gasteiger partial charge in [-0.15, -0.1) is 0 Å². The molecule has 0 aromatic heterocycles. The van der Waals surface area contributed by atoms with Gasteiger partial charge in [0.15, 0.2) is 0 Å². The van der Waals surface area contributed by atoms with Crippen molar-refractivity contribution in [2.75, 3.05) is 30.3 Å². The minimum atomic E-state index is 0.631. The number of ether oxygens (including phenoxy) is 1. The van der Waals surface area contributed by atoms with Gasteiger partial charge in [0, 0.05) is 36.6 Å². The largest absolute Gasteiger partial charge is 0.493 e. The van der Waals surface area contributed by atoms with E-state index in [1.807, 2.05) is 12.1 Å². The minimum Gasteiger partial charge on any atom is -0.493 e. The molecule has 0 fully saturated rings. The summed E-state index contributed by atoms with van der Waals surface area (Å²) in [6.07, 6.45) is 1.01. The molecule has 0 unspecified atom stereocenters. The molecule has 18 heavy (non-hydrogen) atoms. The van der Waals surface area contributed by atoms with Crippen molar-refractivity contribution in [1.82, 2.24) is 0 Å². The monoisotopic (exact) mass is 250 g/mol. The summed E-state index contributed by atoms with van der Waals surface area (Å²) in [4.78, 5) is 2.33. The molecule has 1 aromatic carbocycles. The third-order valence-electron chi connectivity index (χ3n) is 2.72. The molecule has 0 radical (unpaired) electrons. The maximum atomic E-state index is 5.95. The molecule has 1 aromatic rings. The predicted octanol–water partition coefficient (Wildman–Crippen LogP) is 3.54. The lowest BCUT2D eigenvalue weighted by Gasteiger charge is -2.26. The lowest BCUT2D eigenvalue weighted by Crippen LogP contribution is -2.27. The molecule has 0 bridgehead atoms. The number of nitrogen functional groups attached to an aromatic ring is 1. The standard InChI is InChI=1S/C15H26N2O/c1-5-7-18-15-9-13(16)8-14(10-15)17(6-2)11-12(3)4/h8-10,12H,5-7,11,16H2,1-4H3. The van der Waals surface area contributed by atoms with Crippen LogP contribution in [-0.2, 0) is 0 Å². The average molecular weight is 250 g/mol. The Hall–Kier alpha value is -1.38. The van der Waals surface area contributed by atoms with Gasteiger partial charge >= 0.3 is 0 Å². The smallest absolute Gasteiger partial charge is 0.123 e. The predicted molar refractivity (Wildman–Crippen MR) is 79.4 cm³/mol. The average Bonchev–Trinajstić information content (AvgIpc) is 2.32. The molecule has 0 aliphatic heterocycles. The van der Waals surface area contributed by atoms with E-state index in [4.69, 9.17) is 10.5 Å². The molecular formula is C15H26N2O. The Morgan fingerprint density at radius 2 is 1.94 bits per heavy atom. The third-order valence-corrected chi connectivity index (χ3v) is 2.72. The Bertz CT molecular complexity index is 364. The highest BCUT2D eigenvalue weighted by molar-refractivity contribution is 5.60. The Balaban J connectivity index is 2.88. The Kier molecular flexibility index (Phi) is 5.83. The maximum Gasteiger partial charge on any atom is 0.123 e. The molecule has 0 amide bonds. The number of rotatable bonds is 7. The zero-order valence-electron chi connectivity index (χ0n) is 12.1. The van der Waals surface area contributed by atoms with Gasteiger partial charge in [-0.05, 0) is 25.3 Å². The first-order chi connectivity index (χ1) is 8.56. The van der Waals surface area contributed by atoms with Crippen molar-refractivity contribution in [2.24, 2.45) is 5.92 Å². The van der Waals surface area contributed by atoms with Crippen LogP contribution >= 0.6 is 0 Å². The normalized spacial score (nSPS) is 10.7. The van der Waals surface area contributed by atoms with E-state index in [0.717, 1.165) is 43.2 Å². The van der Waals surface area contributed by atoms with Crippen molar-refractivity contribution in [1.29, 1.82) is 0 Å². The summed E-state index contributed by atoms with van der Waals surface area (Å²) in [5.74, 6) is 1.50. The lowest BCUT2D eigenvalue weighted by molar-refractivity contribution is 0.317. The van der Waals surface area contributed by atoms with Gasteiger partial charge in [-0.3, -0.25) is 0 Å². The van der Waals surface area contributed by atoms with Crippen molar-refractivity contribution in [3.8, 4) is 5.75 Å². The van der Waals surface area contributed by atoms with Gasteiger partial charge < -0.3 is 15.4 Å². The van der Waals surface area contributed by atoms with Crippen LogP contribution in [-0.4, -0.2) is 19.7 Å². The first kappa shape index (κ1) is 14.7. The van der Waals surface area contributed by atoms with Crippen molar-refractivity contribution >= 4 is 11.4 Å². The van der Waals surface area contributed by atoms with Gasteiger partial charge in [0.05, 0.1) is 6.61 Å². The number of nitrogens with zero attached hydrogens (tertiary/aromatic N) is 1. The molecule has 102 valence electrons. The summed E-state index contributed by atoms with van der Waals surface area (Å²) >= 11 is 0. The highest BCUT2D eigenvalue weighted by atomic mass is 16.5. The van der Waals surface area contributed by atoms with Crippen LogP contribution in [0.3, 0.4) is 0 Å². The van der Waals surface area contributed by atoms with Crippen LogP contribution in [0.1, 0.15) is 34.1 Å². The van der Waals surface area contributed by atoms with Crippen LogP contribution in [0.4, 0.5) is 11.4 Å². The molecule has 0 atom stereocenters. The number of hydrogen-bond donors (Lipinski definition) is 1. The summed E-state index contributed by atoms with van der Waals surface area (Å²) in [5.41, 5.74) is 7.86. The van der Waals surface area contributed by atoms with Crippen LogP contribution in [0.15, 0.2) is 18.2 Å². The van der Waals surface area contributed by atoms with Gasteiger partial charge in [-0.2, -0.15) is 0 Å². The van der Waals surface area contributed by atoms with E-state index in [2.05, 4.69) is 38.7 Å². The number of benzene rings is 1. The Morgan fingerprint density at radius 1 is 1.22 bits per heavy atom. The van der Waals surface area contributed by atoms with E-state index in [-0.39, 0.29) is 0 Å². The van der Waals surface area contributed by atoms with Gasteiger partial charge in [0.2, 0.25) is 0 Å². The van der Waals surface area contributed by atoms with Crippen LogP contribution in [0.2, 0.25) is 0 Å². The summed E-state index contributed by atoms with van der Waals surface area (Å²) in [7, 11) is 0. The fourth-order valence-corrected chi connectivity index (χ4v) is 1.95. The second-order valence-electron chi connectivity index (χ2n) is 5.04. The van der Waals surface area contributed by atoms with Gasteiger partial charge in [-0.1, -0.05) is 20.8 Å². The highest BCUT2D eigenvalue weighted by Crippen LogP contribution is 2.26. The zero-order chi connectivity index (χ0) is 13.5. The number of hydrogen-bond acceptors (Lipinski definition) is 3. The molecule has 0 saturated heterocycles. The maximum absolute atomic E-state index is 5.95. The topological polar surface area (TPSA) is 38.5 Å². The Morgan fingerprint density at radius 3 is 2.50 bits per heavy atom.